The molecular formula is C3H3BF6. The maximum Gasteiger partial charge on any atom is 0.393 e. The van der Waals surface area contributed by atoms with Crippen LogP contribution in [0.1, 0.15) is 0 Å². The summed E-state index contributed by atoms with van der Waals surface area (Å²) < 4.78 is 67.4. The van der Waals surface area contributed by atoms with Gasteiger partial charge in [-0.15, -0.1) is 0 Å². The molecule has 0 bridgehead atoms. The topological polar surface area (TPSA) is 0 Å². The van der Waals surface area contributed by atoms with Crippen molar-refractivity contribution in [2.75, 3.05) is 0 Å². The average molecular weight is 164 g/mol. The van der Waals surface area contributed by atoms with Gasteiger partial charge in [-0.05, 0) is 0 Å². The lowest BCUT2D eigenvalue weighted by Crippen LogP contribution is -2.30. The molecular weight excluding hydrogens is 161 g/mol. The van der Waals surface area contributed by atoms with E-state index in [0.717, 1.165) is 0 Å². The smallest absolute Gasteiger partial charge is 0.171 e. The van der Waals surface area contributed by atoms with Crippen LogP contribution in [0, 0.1) is 0 Å². The van der Waals surface area contributed by atoms with E-state index in [1.165, 1.54) is 0 Å². The second-order valence-electron chi connectivity index (χ2n) is 1.80. The summed E-state index contributed by atoms with van der Waals surface area (Å²) in [4.78, 5) is 0. The Kier molecular flexibility index (Phi) is 2.27. The van der Waals surface area contributed by atoms with Crippen molar-refractivity contribution in [3.05, 3.63) is 0 Å². The summed E-state index contributed by atoms with van der Waals surface area (Å²) >= 11 is 0. The molecule has 60 valence electrons. The van der Waals surface area contributed by atoms with Crippen LogP contribution in [0.2, 0.25) is 5.82 Å². The number of rotatable bonds is 0. The van der Waals surface area contributed by atoms with Crippen LogP contribution in [0.3, 0.4) is 0 Å². The van der Waals surface area contributed by atoms with Gasteiger partial charge in [0.1, 0.15) is 13.7 Å². The average Bonchev–Trinajstić information content (AvgIpc) is 1.59. The third-order valence-corrected chi connectivity index (χ3v) is 0.982. The summed E-state index contributed by atoms with van der Waals surface area (Å²) in [7, 11) is 0.0833. The van der Waals surface area contributed by atoms with Gasteiger partial charge in [0.25, 0.3) is 0 Å². The van der Waals surface area contributed by atoms with E-state index >= 15 is 0 Å². The van der Waals surface area contributed by atoms with Crippen LogP contribution in [0.15, 0.2) is 0 Å². The minimum atomic E-state index is -5.18. The van der Waals surface area contributed by atoms with Crippen LogP contribution in [-0.4, -0.2) is 20.2 Å². The van der Waals surface area contributed by atoms with Gasteiger partial charge in [-0.3, -0.25) is 0 Å². The van der Waals surface area contributed by atoms with Crippen molar-refractivity contribution in [2.45, 2.75) is 18.2 Å². The molecule has 0 aliphatic rings. The van der Waals surface area contributed by atoms with Gasteiger partial charge >= 0.3 is 12.4 Å². The fraction of sp³-hybridized carbons (Fsp3) is 1.00. The van der Waals surface area contributed by atoms with Crippen LogP contribution in [0.25, 0.3) is 0 Å². The SMILES string of the molecule is BC(C(F)(F)F)C(F)(F)F. The Hall–Kier alpha value is -0.355. The van der Waals surface area contributed by atoms with Gasteiger partial charge in [0.2, 0.25) is 0 Å². The van der Waals surface area contributed by atoms with E-state index in [0.29, 0.717) is 0 Å². The van der Waals surface area contributed by atoms with Crippen LogP contribution >= 0.6 is 0 Å². The molecule has 10 heavy (non-hydrogen) atoms. The first-order chi connectivity index (χ1) is 4.15. The predicted octanol–water partition coefficient (Wildman–Crippen LogP) is 1.53. The Morgan fingerprint density at radius 3 is 1.00 bits per heavy atom. The van der Waals surface area contributed by atoms with Gasteiger partial charge in [0, 0.05) is 0 Å². The molecule has 0 atom stereocenters. The van der Waals surface area contributed by atoms with Crippen molar-refractivity contribution in [1.29, 1.82) is 0 Å². The molecule has 7 heteroatoms. The molecule has 0 aromatic carbocycles. The zero-order valence-electron chi connectivity index (χ0n) is 4.85. The second-order valence-corrected chi connectivity index (χ2v) is 1.80. The summed E-state index contributed by atoms with van der Waals surface area (Å²) in [6.07, 6.45) is -10.4. The fourth-order valence-electron chi connectivity index (χ4n) is 0.186. The Labute approximate surface area is 53.6 Å². The molecule has 0 aliphatic carbocycles. The third-order valence-electron chi connectivity index (χ3n) is 0.982. The zero-order chi connectivity index (χ0) is 8.58. The van der Waals surface area contributed by atoms with E-state index in [9.17, 15) is 26.3 Å². The molecule has 0 amide bonds. The lowest BCUT2D eigenvalue weighted by Gasteiger charge is -2.18. The van der Waals surface area contributed by atoms with E-state index in [4.69, 9.17) is 0 Å². The fourth-order valence-corrected chi connectivity index (χ4v) is 0.186. The summed E-state index contributed by atoms with van der Waals surface area (Å²) in [6, 6.07) is 0. The summed E-state index contributed by atoms with van der Waals surface area (Å²) in [5, 5.41) is 0. The first-order valence-corrected chi connectivity index (χ1v) is 2.29. The summed E-state index contributed by atoms with van der Waals surface area (Å²) in [5.74, 6) is -3.24. The van der Waals surface area contributed by atoms with E-state index in [1.54, 1.807) is 0 Å². The number of hydrogen-bond donors (Lipinski definition) is 0. The van der Waals surface area contributed by atoms with Crippen LogP contribution in [0.4, 0.5) is 26.3 Å². The van der Waals surface area contributed by atoms with Gasteiger partial charge in [0.05, 0.1) is 0 Å². The number of halogens is 6. The van der Waals surface area contributed by atoms with E-state index in [-0.39, 0.29) is 7.85 Å². The molecule has 0 saturated heterocycles. The first-order valence-electron chi connectivity index (χ1n) is 2.29. The third kappa shape index (κ3) is 2.49. The van der Waals surface area contributed by atoms with Crippen molar-refractivity contribution in [3.8, 4) is 0 Å². The number of hydrogen-bond acceptors (Lipinski definition) is 0. The highest BCUT2D eigenvalue weighted by Gasteiger charge is 2.52. The minimum absolute atomic E-state index is 0.0833. The Balaban J connectivity index is 4.23. The lowest BCUT2D eigenvalue weighted by atomic mass is 9.86. The highest BCUT2D eigenvalue weighted by molar-refractivity contribution is 6.12. The maximum atomic E-state index is 11.2. The van der Waals surface area contributed by atoms with Gasteiger partial charge in [-0.2, -0.15) is 26.3 Å². The standard InChI is InChI=1S/C3H3BF6/c4-1(2(5,6)7)3(8,9)10/h1H,4H2. The van der Waals surface area contributed by atoms with Crippen molar-refractivity contribution in [1.82, 2.24) is 0 Å². The molecule has 0 aromatic heterocycles. The largest absolute Gasteiger partial charge is 0.393 e. The Morgan fingerprint density at radius 2 is 1.00 bits per heavy atom. The predicted molar refractivity (Wildman–Crippen MR) is 24.4 cm³/mol. The van der Waals surface area contributed by atoms with Gasteiger partial charge in [-0.1, -0.05) is 0 Å². The second kappa shape index (κ2) is 2.36. The van der Waals surface area contributed by atoms with Crippen LogP contribution in [-0.2, 0) is 0 Å². The maximum absolute atomic E-state index is 11.2. The monoisotopic (exact) mass is 164 g/mol. The number of alkyl halides is 6. The Bertz CT molecular complexity index is 97.1. The molecule has 0 aliphatic heterocycles. The zero-order valence-corrected chi connectivity index (χ0v) is 4.85. The normalized spacial score (nSPS) is 14.3. The molecule has 0 radical (unpaired) electrons. The molecule has 0 rings (SSSR count). The van der Waals surface area contributed by atoms with E-state index < -0.39 is 18.2 Å². The van der Waals surface area contributed by atoms with Crippen LogP contribution in [0.5, 0.6) is 0 Å². The van der Waals surface area contributed by atoms with E-state index in [2.05, 4.69) is 0 Å². The molecule has 0 N–H and O–H groups in total. The van der Waals surface area contributed by atoms with Crippen molar-refractivity contribution in [3.63, 3.8) is 0 Å². The first kappa shape index (κ1) is 9.64. The van der Waals surface area contributed by atoms with Gasteiger partial charge < -0.3 is 0 Å². The highest BCUT2D eigenvalue weighted by Crippen LogP contribution is 2.41. The quantitative estimate of drug-likeness (QED) is 0.376. The van der Waals surface area contributed by atoms with Gasteiger partial charge in [-0.25, -0.2) is 0 Å². The molecule has 0 nitrogen and oxygen atoms in total. The molecule has 0 saturated carbocycles. The minimum Gasteiger partial charge on any atom is -0.171 e. The lowest BCUT2D eigenvalue weighted by molar-refractivity contribution is -0.230. The van der Waals surface area contributed by atoms with Crippen molar-refractivity contribution in [2.24, 2.45) is 0 Å². The molecule has 0 heterocycles. The van der Waals surface area contributed by atoms with Crippen molar-refractivity contribution < 1.29 is 26.3 Å². The highest BCUT2D eigenvalue weighted by atomic mass is 19.4. The molecule has 0 fully saturated rings. The Morgan fingerprint density at radius 1 is 0.800 bits per heavy atom. The van der Waals surface area contributed by atoms with E-state index in [1.807, 2.05) is 0 Å². The summed E-state index contributed by atoms with van der Waals surface area (Å²) in [6.45, 7) is 0. The molecule has 0 aromatic rings. The summed E-state index contributed by atoms with van der Waals surface area (Å²) in [5.41, 5.74) is 0. The van der Waals surface area contributed by atoms with Crippen LogP contribution < -0.4 is 0 Å². The molecule has 0 unspecified atom stereocenters. The van der Waals surface area contributed by atoms with Gasteiger partial charge in [0.15, 0.2) is 0 Å². The van der Waals surface area contributed by atoms with Crippen molar-refractivity contribution >= 4 is 7.85 Å². The molecule has 0 spiro atoms.